The first-order valence-corrected chi connectivity index (χ1v) is 7.19. The van der Waals surface area contributed by atoms with E-state index in [1.165, 1.54) is 7.11 Å². The molecular formula is C14H10BrClF3NO2. The second-order valence-corrected chi connectivity index (χ2v) is 5.79. The fourth-order valence-electron chi connectivity index (χ4n) is 1.93. The Balaban J connectivity index is 2.52. The molecule has 118 valence electrons. The number of ether oxygens (including phenoxy) is 1. The van der Waals surface area contributed by atoms with Gasteiger partial charge in [0.05, 0.1) is 19.2 Å². The first-order valence-electron chi connectivity index (χ1n) is 6.02. The molecule has 0 aliphatic carbocycles. The van der Waals surface area contributed by atoms with Gasteiger partial charge < -0.3 is 9.30 Å². The summed E-state index contributed by atoms with van der Waals surface area (Å²) < 4.78 is 45.2. The molecule has 0 saturated heterocycles. The standard InChI is InChI=1S/C14H10BrClF3NO2/c1-22-12-3-2-10(15)4-8(12)6-20-7-9(14(17,18)19)5-11(16)13(20)21/h2-5,7H,6H2,1H3. The number of rotatable bonds is 3. The average molecular weight is 397 g/mol. The topological polar surface area (TPSA) is 31.2 Å². The van der Waals surface area contributed by atoms with Gasteiger partial charge in [0.2, 0.25) is 0 Å². The van der Waals surface area contributed by atoms with Gasteiger partial charge in [-0.15, -0.1) is 0 Å². The Kier molecular flexibility index (Phi) is 4.87. The third kappa shape index (κ3) is 3.64. The van der Waals surface area contributed by atoms with E-state index in [2.05, 4.69) is 15.9 Å². The number of halogens is 5. The maximum atomic E-state index is 12.8. The number of benzene rings is 1. The highest BCUT2D eigenvalue weighted by molar-refractivity contribution is 9.10. The van der Waals surface area contributed by atoms with Crippen LogP contribution < -0.4 is 10.3 Å². The summed E-state index contributed by atoms with van der Waals surface area (Å²) in [5.74, 6) is 0.462. The van der Waals surface area contributed by atoms with E-state index in [0.717, 1.165) is 15.2 Å². The van der Waals surface area contributed by atoms with Gasteiger partial charge in [-0.3, -0.25) is 4.79 Å². The van der Waals surface area contributed by atoms with E-state index in [0.29, 0.717) is 17.4 Å². The van der Waals surface area contributed by atoms with Gasteiger partial charge in [-0.25, -0.2) is 0 Å². The van der Waals surface area contributed by atoms with Crippen molar-refractivity contribution in [2.24, 2.45) is 0 Å². The quantitative estimate of drug-likeness (QED) is 0.773. The Bertz CT molecular complexity index is 759. The van der Waals surface area contributed by atoms with E-state index in [4.69, 9.17) is 16.3 Å². The van der Waals surface area contributed by atoms with E-state index in [1.807, 2.05) is 0 Å². The van der Waals surface area contributed by atoms with E-state index in [1.54, 1.807) is 18.2 Å². The van der Waals surface area contributed by atoms with Crippen LogP contribution >= 0.6 is 27.5 Å². The summed E-state index contributed by atoms with van der Waals surface area (Å²) in [5.41, 5.74) is -1.13. The summed E-state index contributed by atoms with van der Waals surface area (Å²) in [6, 6.07) is 5.67. The van der Waals surface area contributed by atoms with Crippen LogP contribution in [0, 0.1) is 0 Å². The molecule has 2 rings (SSSR count). The molecule has 0 aliphatic rings. The molecule has 0 N–H and O–H groups in total. The van der Waals surface area contributed by atoms with Crippen molar-refractivity contribution in [1.82, 2.24) is 4.57 Å². The Hall–Kier alpha value is -1.47. The number of aromatic nitrogens is 1. The molecule has 3 nitrogen and oxygen atoms in total. The van der Waals surface area contributed by atoms with Crippen molar-refractivity contribution in [2.75, 3.05) is 7.11 Å². The van der Waals surface area contributed by atoms with Crippen molar-refractivity contribution in [3.05, 3.63) is 61.4 Å². The lowest BCUT2D eigenvalue weighted by atomic mass is 10.2. The molecule has 22 heavy (non-hydrogen) atoms. The van der Waals surface area contributed by atoms with Crippen LogP contribution in [-0.2, 0) is 12.7 Å². The molecule has 1 heterocycles. The van der Waals surface area contributed by atoms with Crippen LogP contribution in [0.25, 0.3) is 0 Å². The van der Waals surface area contributed by atoms with Crippen molar-refractivity contribution >= 4 is 27.5 Å². The highest BCUT2D eigenvalue weighted by Crippen LogP contribution is 2.30. The Morgan fingerprint density at radius 1 is 1.32 bits per heavy atom. The molecule has 0 spiro atoms. The molecular weight excluding hydrogens is 387 g/mol. The molecule has 0 aliphatic heterocycles. The third-order valence-electron chi connectivity index (χ3n) is 2.95. The molecule has 0 unspecified atom stereocenters. The minimum atomic E-state index is -4.58. The average Bonchev–Trinajstić information content (AvgIpc) is 2.42. The fourth-order valence-corrected chi connectivity index (χ4v) is 2.56. The minimum absolute atomic E-state index is 0.0922. The molecule has 0 atom stereocenters. The summed E-state index contributed by atoms with van der Waals surface area (Å²) in [4.78, 5) is 11.9. The monoisotopic (exact) mass is 395 g/mol. The lowest BCUT2D eigenvalue weighted by Crippen LogP contribution is -2.23. The zero-order valence-corrected chi connectivity index (χ0v) is 13.6. The van der Waals surface area contributed by atoms with Gasteiger partial charge in [0, 0.05) is 16.2 Å². The number of nitrogens with zero attached hydrogens (tertiary/aromatic N) is 1. The number of hydrogen-bond acceptors (Lipinski definition) is 2. The van der Waals surface area contributed by atoms with Crippen molar-refractivity contribution < 1.29 is 17.9 Å². The first kappa shape index (κ1) is 16.9. The van der Waals surface area contributed by atoms with E-state index in [-0.39, 0.29) is 6.54 Å². The lowest BCUT2D eigenvalue weighted by Gasteiger charge is -2.14. The van der Waals surface area contributed by atoms with Gasteiger partial charge >= 0.3 is 6.18 Å². The molecule has 1 aromatic heterocycles. The summed E-state index contributed by atoms with van der Waals surface area (Å²) >= 11 is 8.89. The van der Waals surface area contributed by atoms with Crippen LogP contribution in [-0.4, -0.2) is 11.7 Å². The third-order valence-corrected chi connectivity index (χ3v) is 3.72. The summed E-state index contributed by atoms with van der Waals surface area (Å²) in [6.07, 6.45) is -3.84. The number of methoxy groups -OCH3 is 1. The van der Waals surface area contributed by atoms with Crippen molar-refractivity contribution in [3.8, 4) is 5.75 Å². The molecule has 8 heteroatoms. The second kappa shape index (κ2) is 6.34. The fraction of sp³-hybridized carbons (Fsp3) is 0.214. The summed E-state index contributed by atoms with van der Waals surface area (Å²) in [5, 5.41) is -0.483. The molecule has 0 bridgehead atoms. The van der Waals surface area contributed by atoms with Gasteiger partial charge in [0.1, 0.15) is 10.8 Å². The van der Waals surface area contributed by atoms with Gasteiger partial charge in [-0.05, 0) is 24.3 Å². The van der Waals surface area contributed by atoms with Gasteiger partial charge in [0.25, 0.3) is 5.56 Å². The first-order chi connectivity index (χ1) is 10.2. The maximum absolute atomic E-state index is 12.8. The van der Waals surface area contributed by atoms with Crippen molar-refractivity contribution in [2.45, 2.75) is 12.7 Å². The highest BCUT2D eigenvalue weighted by Gasteiger charge is 2.32. The zero-order valence-electron chi connectivity index (χ0n) is 11.2. The van der Waals surface area contributed by atoms with Gasteiger partial charge in [-0.1, -0.05) is 27.5 Å². The Morgan fingerprint density at radius 3 is 2.59 bits per heavy atom. The molecule has 0 fully saturated rings. The van der Waals surface area contributed by atoms with Crippen LogP contribution in [0.3, 0.4) is 0 Å². The number of alkyl halides is 3. The van der Waals surface area contributed by atoms with Crippen LogP contribution in [0.15, 0.2) is 39.7 Å². The molecule has 0 amide bonds. The van der Waals surface area contributed by atoms with Crippen molar-refractivity contribution in [3.63, 3.8) is 0 Å². The van der Waals surface area contributed by atoms with E-state index >= 15 is 0 Å². The SMILES string of the molecule is COc1ccc(Br)cc1Cn1cc(C(F)(F)F)cc(Cl)c1=O. The number of pyridine rings is 1. The Morgan fingerprint density at radius 2 is 2.00 bits per heavy atom. The van der Waals surface area contributed by atoms with Gasteiger partial charge in [-0.2, -0.15) is 13.2 Å². The maximum Gasteiger partial charge on any atom is 0.417 e. The minimum Gasteiger partial charge on any atom is -0.496 e. The summed E-state index contributed by atoms with van der Waals surface area (Å²) in [6.45, 7) is -0.0922. The molecule has 0 radical (unpaired) electrons. The van der Waals surface area contributed by atoms with E-state index < -0.39 is 22.3 Å². The number of hydrogen-bond donors (Lipinski definition) is 0. The summed E-state index contributed by atoms with van der Waals surface area (Å²) in [7, 11) is 1.44. The molecule has 2 aromatic rings. The Labute approximate surface area is 137 Å². The highest BCUT2D eigenvalue weighted by atomic mass is 79.9. The van der Waals surface area contributed by atoms with Crippen LogP contribution in [0.4, 0.5) is 13.2 Å². The van der Waals surface area contributed by atoms with Crippen LogP contribution in [0.5, 0.6) is 5.75 Å². The molecule has 1 aromatic carbocycles. The zero-order chi connectivity index (χ0) is 16.5. The van der Waals surface area contributed by atoms with Crippen LogP contribution in [0.1, 0.15) is 11.1 Å². The lowest BCUT2D eigenvalue weighted by molar-refractivity contribution is -0.138. The van der Waals surface area contributed by atoms with Crippen LogP contribution in [0.2, 0.25) is 5.02 Å². The van der Waals surface area contributed by atoms with Gasteiger partial charge in [0.15, 0.2) is 0 Å². The predicted molar refractivity (Wildman–Crippen MR) is 80.5 cm³/mol. The molecule has 0 saturated carbocycles. The van der Waals surface area contributed by atoms with E-state index in [9.17, 15) is 18.0 Å². The normalized spacial score (nSPS) is 11.5. The predicted octanol–water partition coefficient (Wildman–Crippen LogP) is 4.34. The smallest absolute Gasteiger partial charge is 0.417 e. The second-order valence-electron chi connectivity index (χ2n) is 4.46. The largest absolute Gasteiger partial charge is 0.496 e. The van der Waals surface area contributed by atoms with Crippen molar-refractivity contribution in [1.29, 1.82) is 0 Å².